The topological polar surface area (TPSA) is 55.6 Å². The Bertz CT molecular complexity index is 1330. The Morgan fingerprint density at radius 2 is 1.88 bits per heavy atom. The molecule has 4 aromatic rings. The van der Waals surface area contributed by atoms with Crippen molar-refractivity contribution in [3.8, 4) is 28.1 Å². The van der Waals surface area contributed by atoms with Crippen molar-refractivity contribution in [1.82, 2.24) is 9.38 Å². The Balaban J connectivity index is 1.98. The maximum absolute atomic E-state index is 14.0. The van der Waals surface area contributed by atoms with Gasteiger partial charge in [0.15, 0.2) is 5.65 Å². The molecule has 1 N–H and O–H groups in total. The summed E-state index contributed by atoms with van der Waals surface area (Å²) in [5.74, 6) is -0.468. The molecule has 0 aliphatic heterocycles. The summed E-state index contributed by atoms with van der Waals surface area (Å²) in [7, 11) is 1.44. The molecule has 0 unspecified atom stereocenters. The maximum atomic E-state index is 14.0. The van der Waals surface area contributed by atoms with Gasteiger partial charge < -0.3 is 10.1 Å². The molecular weight excluding hydrogens is 426 g/mol. The molecule has 164 valence electrons. The van der Waals surface area contributed by atoms with Gasteiger partial charge in [-0.05, 0) is 36.4 Å². The van der Waals surface area contributed by atoms with Gasteiger partial charge >= 0.3 is 6.18 Å². The van der Waals surface area contributed by atoms with Gasteiger partial charge in [0.1, 0.15) is 11.6 Å². The number of hydrogen-bond acceptors (Lipinski definition) is 3. The fourth-order valence-electron chi connectivity index (χ4n) is 3.49. The molecule has 1 amide bonds. The van der Waals surface area contributed by atoms with Crippen LogP contribution in [0.3, 0.4) is 0 Å². The molecule has 9 heteroatoms. The van der Waals surface area contributed by atoms with E-state index in [0.29, 0.717) is 33.9 Å². The Morgan fingerprint density at radius 1 is 1.09 bits per heavy atom. The number of carbonyl (C=O) groups is 1. The number of nitrogens with zero attached hydrogens (tertiary/aromatic N) is 2. The molecule has 0 fully saturated rings. The van der Waals surface area contributed by atoms with Crippen molar-refractivity contribution in [3.05, 3.63) is 72.3 Å². The molecule has 0 saturated carbocycles. The van der Waals surface area contributed by atoms with Crippen molar-refractivity contribution in [1.29, 1.82) is 0 Å². The smallest absolute Gasteiger partial charge is 0.416 e. The molecule has 2 aromatic carbocycles. The first-order valence-electron chi connectivity index (χ1n) is 9.47. The summed E-state index contributed by atoms with van der Waals surface area (Å²) in [5, 5.41) is 2.67. The number of benzene rings is 2. The first-order valence-corrected chi connectivity index (χ1v) is 9.47. The van der Waals surface area contributed by atoms with Gasteiger partial charge in [-0.15, -0.1) is 0 Å². The van der Waals surface area contributed by atoms with Gasteiger partial charge in [-0.2, -0.15) is 13.2 Å². The molecule has 2 heterocycles. The third-order valence-corrected chi connectivity index (χ3v) is 4.87. The van der Waals surface area contributed by atoms with Crippen LogP contribution in [0.25, 0.3) is 28.0 Å². The summed E-state index contributed by atoms with van der Waals surface area (Å²) in [6.07, 6.45) is -1.47. The van der Waals surface area contributed by atoms with Crippen molar-refractivity contribution < 1.29 is 27.1 Å². The molecule has 5 nitrogen and oxygen atoms in total. The van der Waals surface area contributed by atoms with Gasteiger partial charge in [0, 0.05) is 29.8 Å². The van der Waals surface area contributed by atoms with E-state index in [0.717, 1.165) is 12.1 Å². The number of alkyl halides is 3. The van der Waals surface area contributed by atoms with Crippen LogP contribution in [-0.2, 0) is 11.0 Å². The number of anilines is 1. The number of halogens is 4. The van der Waals surface area contributed by atoms with E-state index in [4.69, 9.17) is 4.74 Å². The number of amides is 1. The third kappa shape index (κ3) is 4.01. The van der Waals surface area contributed by atoms with Crippen LogP contribution < -0.4 is 10.1 Å². The molecule has 0 bridgehead atoms. The van der Waals surface area contributed by atoms with Crippen LogP contribution in [0.4, 0.5) is 23.2 Å². The number of fused-ring (bicyclic) bond motifs is 1. The third-order valence-electron chi connectivity index (χ3n) is 4.87. The van der Waals surface area contributed by atoms with Gasteiger partial charge in [0.2, 0.25) is 5.91 Å². The number of imidazole rings is 1. The highest BCUT2D eigenvalue weighted by Gasteiger charge is 2.30. The van der Waals surface area contributed by atoms with Gasteiger partial charge in [0.05, 0.1) is 30.3 Å². The van der Waals surface area contributed by atoms with E-state index in [2.05, 4.69) is 10.3 Å². The predicted molar refractivity (Wildman–Crippen MR) is 112 cm³/mol. The Labute approximate surface area is 180 Å². The van der Waals surface area contributed by atoms with Gasteiger partial charge in [0.25, 0.3) is 0 Å². The van der Waals surface area contributed by atoms with Crippen molar-refractivity contribution in [2.45, 2.75) is 13.1 Å². The van der Waals surface area contributed by atoms with Crippen molar-refractivity contribution >= 4 is 17.2 Å². The Kier molecular flexibility index (Phi) is 5.33. The van der Waals surface area contributed by atoms with Crippen LogP contribution >= 0.6 is 0 Å². The summed E-state index contributed by atoms with van der Waals surface area (Å²) in [5.41, 5.74) is 1.38. The molecule has 0 aliphatic rings. The highest BCUT2D eigenvalue weighted by atomic mass is 19.4. The predicted octanol–water partition coefficient (Wildman–Crippen LogP) is 5.79. The average Bonchev–Trinajstić information content (AvgIpc) is 3.17. The summed E-state index contributed by atoms with van der Waals surface area (Å²) < 4.78 is 60.5. The number of rotatable bonds is 4. The van der Waals surface area contributed by atoms with E-state index in [9.17, 15) is 22.4 Å². The van der Waals surface area contributed by atoms with Crippen molar-refractivity contribution in [2.75, 3.05) is 12.4 Å². The monoisotopic (exact) mass is 443 g/mol. The molecular formula is C23H17F4N3O2. The zero-order chi connectivity index (χ0) is 23.0. The van der Waals surface area contributed by atoms with Gasteiger partial charge in [-0.1, -0.05) is 12.1 Å². The largest absolute Gasteiger partial charge is 0.496 e. The number of hydrogen-bond donors (Lipinski definition) is 1. The average molecular weight is 443 g/mol. The van der Waals surface area contributed by atoms with E-state index in [1.165, 1.54) is 50.6 Å². The Morgan fingerprint density at radius 3 is 2.56 bits per heavy atom. The van der Waals surface area contributed by atoms with Gasteiger partial charge in [-0.3, -0.25) is 9.20 Å². The van der Waals surface area contributed by atoms with E-state index in [1.54, 1.807) is 16.7 Å². The Hall–Kier alpha value is -3.88. The number of methoxy groups -OCH3 is 1. The quantitative estimate of drug-likeness (QED) is 0.406. The van der Waals surface area contributed by atoms with Crippen molar-refractivity contribution in [3.63, 3.8) is 0 Å². The zero-order valence-corrected chi connectivity index (χ0v) is 17.0. The van der Waals surface area contributed by atoms with Crippen LogP contribution in [0.5, 0.6) is 5.75 Å². The number of ether oxygens (including phenoxy) is 1. The summed E-state index contributed by atoms with van der Waals surface area (Å²) in [4.78, 5) is 16.1. The molecule has 2 aromatic heterocycles. The molecule has 0 spiro atoms. The molecule has 4 rings (SSSR count). The summed E-state index contributed by atoms with van der Waals surface area (Å²) in [6.45, 7) is 1.32. The second kappa shape index (κ2) is 7.99. The number of pyridine rings is 1. The molecule has 0 radical (unpaired) electrons. The lowest BCUT2D eigenvalue weighted by atomic mass is 10.0. The molecule has 0 saturated heterocycles. The van der Waals surface area contributed by atoms with Crippen molar-refractivity contribution in [2.24, 2.45) is 0 Å². The van der Waals surface area contributed by atoms with E-state index < -0.39 is 17.6 Å². The standard InChI is InChI=1S/C23H17F4N3O2/c1-13(31)29-19-9-15(18-10-17(24)6-7-21(18)32-2)12-30-20(11-28-22(19)30)14-4-3-5-16(8-14)23(25,26)27/h3-12H,1-2H3,(H,29,31). The first-order chi connectivity index (χ1) is 15.2. The van der Waals surface area contributed by atoms with Crippen LogP contribution in [0.2, 0.25) is 0 Å². The highest BCUT2D eigenvalue weighted by Crippen LogP contribution is 2.36. The fourth-order valence-corrected chi connectivity index (χ4v) is 3.49. The van der Waals surface area contributed by atoms with Crippen LogP contribution in [0.15, 0.2) is 60.9 Å². The highest BCUT2D eigenvalue weighted by molar-refractivity contribution is 5.94. The lowest BCUT2D eigenvalue weighted by Crippen LogP contribution is -2.08. The minimum absolute atomic E-state index is 0.282. The first kappa shape index (κ1) is 21.4. The van der Waals surface area contributed by atoms with E-state index >= 15 is 0 Å². The van der Waals surface area contributed by atoms with Crippen LogP contribution in [0, 0.1) is 5.82 Å². The van der Waals surface area contributed by atoms with Crippen LogP contribution in [-0.4, -0.2) is 22.4 Å². The van der Waals surface area contributed by atoms with E-state index in [1.807, 2.05) is 0 Å². The fraction of sp³-hybridized carbons (Fsp3) is 0.130. The minimum Gasteiger partial charge on any atom is -0.496 e. The second-order valence-electron chi connectivity index (χ2n) is 7.08. The summed E-state index contributed by atoms with van der Waals surface area (Å²) >= 11 is 0. The lowest BCUT2D eigenvalue weighted by Gasteiger charge is -2.14. The normalized spacial score (nSPS) is 11.6. The second-order valence-corrected chi connectivity index (χ2v) is 7.08. The SMILES string of the molecule is COc1ccc(F)cc1-c1cc(NC(C)=O)c2ncc(-c3cccc(C(F)(F)F)c3)n2c1. The van der Waals surface area contributed by atoms with E-state index in [-0.39, 0.29) is 11.5 Å². The zero-order valence-electron chi connectivity index (χ0n) is 17.0. The molecule has 32 heavy (non-hydrogen) atoms. The lowest BCUT2D eigenvalue weighted by molar-refractivity contribution is -0.137. The molecule has 0 aliphatic carbocycles. The number of carbonyl (C=O) groups excluding carboxylic acids is 1. The maximum Gasteiger partial charge on any atom is 0.416 e. The number of aromatic nitrogens is 2. The minimum atomic E-state index is -4.50. The van der Waals surface area contributed by atoms with Gasteiger partial charge in [-0.25, -0.2) is 9.37 Å². The summed E-state index contributed by atoms with van der Waals surface area (Å²) in [6, 6.07) is 10.5. The molecule has 0 atom stereocenters. The number of nitrogens with one attached hydrogen (secondary N) is 1. The van der Waals surface area contributed by atoms with Crippen LogP contribution in [0.1, 0.15) is 12.5 Å².